The van der Waals surface area contributed by atoms with Crippen molar-refractivity contribution in [2.24, 2.45) is 0 Å². The summed E-state index contributed by atoms with van der Waals surface area (Å²) >= 11 is 13.0. The molecule has 0 radical (unpaired) electrons. The maximum absolute atomic E-state index is 12.4. The van der Waals surface area contributed by atoms with E-state index in [2.05, 4.69) is 10.2 Å². The van der Waals surface area contributed by atoms with Gasteiger partial charge in [0.2, 0.25) is 0 Å². The van der Waals surface area contributed by atoms with E-state index in [1.54, 1.807) is 13.0 Å². The van der Waals surface area contributed by atoms with E-state index in [0.717, 1.165) is 11.8 Å². The second-order valence-electron chi connectivity index (χ2n) is 5.01. The molecule has 132 valence electrons. The van der Waals surface area contributed by atoms with E-state index in [0.29, 0.717) is 22.2 Å². The Kier molecular flexibility index (Phi) is 5.43. The van der Waals surface area contributed by atoms with E-state index in [1.807, 2.05) is 0 Å². The SMILES string of the molecule is Cc1occc1-c1nnc(SCCS(=O)(=O)c2cc(Cl)ccc2Cl)o1. The molecule has 0 unspecified atom stereocenters. The van der Waals surface area contributed by atoms with Gasteiger partial charge in [0.1, 0.15) is 5.76 Å². The highest BCUT2D eigenvalue weighted by Gasteiger charge is 2.20. The molecule has 0 aliphatic carbocycles. The zero-order valence-electron chi connectivity index (χ0n) is 12.9. The van der Waals surface area contributed by atoms with Crippen LogP contribution in [0.3, 0.4) is 0 Å². The van der Waals surface area contributed by atoms with Gasteiger partial charge in [0.25, 0.3) is 11.1 Å². The van der Waals surface area contributed by atoms with Crippen LogP contribution in [-0.2, 0) is 9.84 Å². The fourth-order valence-electron chi connectivity index (χ4n) is 2.05. The standard InChI is InChI=1S/C15H12Cl2N2O4S2/c1-9-11(4-5-22-9)14-18-19-15(23-14)24-6-7-25(20,21)13-8-10(16)2-3-12(13)17/h2-5,8H,6-7H2,1H3. The fourth-order valence-corrected chi connectivity index (χ4v) is 5.27. The number of hydrogen-bond donors (Lipinski definition) is 0. The smallest absolute Gasteiger partial charge is 0.276 e. The van der Waals surface area contributed by atoms with Crippen molar-refractivity contribution in [2.75, 3.05) is 11.5 Å². The third-order valence-corrected chi connectivity index (χ3v) is 6.81. The van der Waals surface area contributed by atoms with E-state index in [4.69, 9.17) is 32.0 Å². The Morgan fingerprint density at radius 2 is 2.00 bits per heavy atom. The van der Waals surface area contributed by atoms with Gasteiger partial charge >= 0.3 is 0 Å². The third kappa shape index (κ3) is 4.20. The first kappa shape index (κ1) is 18.3. The molecule has 0 aliphatic rings. The first-order valence-corrected chi connectivity index (χ1v) is 10.4. The quantitative estimate of drug-likeness (QED) is 0.544. The van der Waals surface area contributed by atoms with Gasteiger partial charge in [0.15, 0.2) is 9.84 Å². The molecule has 0 fully saturated rings. The minimum atomic E-state index is -3.57. The number of thioether (sulfide) groups is 1. The highest BCUT2D eigenvalue weighted by atomic mass is 35.5. The molecule has 0 bridgehead atoms. The van der Waals surface area contributed by atoms with Crippen LogP contribution in [0.2, 0.25) is 10.0 Å². The Labute approximate surface area is 158 Å². The summed E-state index contributed by atoms with van der Waals surface area (Å²) in [4.78, 5) is 0.0162. The molecule has 3 aromatic rings. The number of hydrogen-bond acceptors (Lipinski definition) is 7. The molecule has 0 atom stereocenters. The van der Waals surface area contributed by atoms with Gasteiger partial charge in [0, 0.05) is 10.8 Å². The second-order valence-corrected chi connectivity index (χ2v) is 8.97. The maximum Gasteiger partial charge on any atom is 0.276 e. The lowest BCUT2D eigenvalue weighted by atomic mass is 10.3. The normalized spacial score (nSPS) is 11.8. The summed E-state index contributed by atoms with van der Waals surface area (Å²) < 4.78 is 35.5. The third-order valence-electron chi connectivity index (χ3n) is 3.30. The van der Waals surface area contributed by atoms with Crippen LogP contribution in [0.4, 0.5) is 0 Å². The molecule has 2 heterocycles. The molecule has 2 aromatic heterocycles. The van der Waals surface area contributed by atoms with Crippen molar-refractivity contribution in [2.45, 2.75) is 17.0 Å². The Morgan fingerprint density at radius 3 is 2.72 bits per heavy atom. The van der Waals surface area contributed by atoms with Gasteiger partial charge in [-0.15, -0.1) is 10.2 Å². The molecule has 25 heavy (non-hydrogen) atoms. The number of halogens is 2. The molecule has 0 aliphatic heterocycles. The maximum atomic E-state index is 12.4. The van der Waals surface area contributed by atoms with Crippen molar-refractivity contribution < 1.29 is 17.3 Å². The van der Waals surface area contributed by atoms with Crippen molar-refractivity contribution in [3.8, 4) is 11.5 Å². The van der Waals surface area contributed by atoms with Gasteiger partial charge in [-0.05, 0) is 31.2 Å². The zero-order chi connectivity index (χ0) is 18.0. The van der Waals surface area contributed by atoms with Gasteiger partial charge in [-0.2, -0.15) is 0 Å². The van der Waals surface area contributed by atoms with E-state index in [1.165, 1.54) is 24.5 Å². The summed E-state index contributed by atoms with van der Waals surface area (Å²) in [6.45, 7) is 1.79. The molecule has 0 saturated heterocycles. The molecule has 10 heteroatoms. The van der Waals surface area contributed by atoms with Crippen LogP contribution in [0, 0.1) is 6.92 Å². The predicted octanol–water partition coefficient (Wildman–Crippen LogP) is 4.51. The number of furan rings is 1. The highest BCUT2D eigenvalue weighted by Crippen LogP contribution is 2.29. The molecule has 3 rings (SSSR count). The van der Waals surface area contributed by atoms with Gasteiger partial charge < -0.3 is 8.83 Å². The van der Waals surface area contributed by atoms with Gasteiger partial charge in [-0.3, -0.25) is 0 Å². The van der Waals surface area contributed by atoms with Crippen molar-refractivity contribution in [1.29, 1.82) is 0 Å². The minimum Gasteiger partial charge on any atom is -0.469 e. The van der Waals surface area contributed by atoms with E-state index in [-0.39, 0.29) is 26.6 Å². The number of nitrogens with zero attached hydrogens (tertiary/aromatic N) is 2. The Morgan fingerprint density at radius 1 is 1.20 bits per heavy atom. The molecule has 1 aromatic carbocycles. The summed E-state index contributed by atoms with van der Waals surface area (Å²) in [6.07, 6.45) is 1.53. The Bertz CT molecular complexity index is 999. The summed E-state index contributed by atoms with van der Waals surface area (Å²) in [5.41, 5.74) is 0.706. The van der Waals surface area contributed by atoms with Crippen LogP contribution in [0.25, 0.3) is 11.5 Å². The Balaban J connectivity index is 1.66. The van der Waals surface area contributed by atoms with E-state index < -0.39 is 9.84 Å². The first-order valence-electron chi connectivity index (χ1n) is 7.05. The van der Waals surface area contributed by atoms with Crippen molar-refractivity contribution in [3.05, 3.63) is 46.3 Å². The highest BCUT2D eigenvalue weighted by molar-refractivity contribution is 8.00. The monoisotopic (exact) mass is 418 g/mol. The number of aryl methyl sites for hydroxylation is 1. The first-order chi connectivity index (χ1) is 11.9. The summed E-state index contributed by atoms with van der Waals surface area (Å²) in [5.74, 6) is 1.09. The van der Waals surface area contributed by atoms with Crippen LogP contribution >= 0.6 is 35.0 Å². The van der Waals surface area contributed by atoms with Crippen LogP contribution < -0.4 is 0 Å². The molecule has 0 spiro atoms. The van der Waals surface area contributed by atoms with E-state index in [9.17, 15) is 8.42 Å². The van der Waals surface area contributed by atoms with Crippen LogP contribution in [0.15, 0.2) is 49.5 Å². The van der Waals surface area contributed by atoms with Crippen LogP contribution in [0.1, 0.15) is 5.76 Å². The van der Waals surface area contributed by atoms with Gasteiger partial charge in [-0.1, -0.05) is 35.0 Å². The van der Waals surface area contributed by atoms with Crippen LogP contribution in [-0.4, -0.2) is 30.1 Å². The van der Waals surface area contributed by atoms with E-state index >= 15 is 0 Å². The van der Waals surface area contributed by atoms with Gasteiger partial charge in [0.05, 0.1) is 27.5 Å². The Hall–Kier alpha value is -1.48. The van der Waals surface area contributed by atoms with Gasteiger partial charge in [-0.25, -0.2) is 8.42 Å². The summed E-state index contributed by atoms with van der Waals surface area (Å²) in [5, 5.41) is 8.57. The zero-order valence-corrected chi connectivity index (χ0v) is 16.0. The molecule has 0 amide bonds. The lowest BCUT2D eigenvalue weighted by Crippen LogP contribution is -2.09. The lowest BCUT2D eigenvalue weighted by molar-refractivity contribution is 0.463. The number of benzene rings is 1. The number of rotatable bonds is 6. The van der Waals surface area contributed by atoms with Crippen molar-refractivity contribution >= 4 is 44.8 Å². The van der Waals surface area contributed by atoms with Crippen molar-refractivity contribution in [1.82, 2.24) is 10.2 Å². The minimum absolute atomic E-state index is 0.0162. The fraction of sp³-hybridized carbons (Fsp3) is 0.200. The van der Waals surface area contributed by atoms with Crippen LogP contribution in [0.5, 0.6) is 0 Å². The second kappa shape index (κ2) is 7.41. The predicted molar refractivity (Wildman–Crippen MR) is 96.0 cm³/mol. The average molecular weight is 419 g/mol. The molecular weight excluding hydrogens is 407 g/mol. The summed E-state index contributed by atoms with van der Waals surface area (Å²) in [7, 11) is -3.57. The number of aromatic nitrogens is 2. The molecular formula is C15H12Cl2N2O4S2. The average Bonchev–Trinajstić information content (AvgIpc) is 3.18. The number of sulfone groups is 1. The molecule has 0 saturated carbocycles. The largest absolute Gasteiger partial charge is 0.469 e. The van der Waals surface area contributed by atoms with Crippen molar-refractivity contribution in [3.63, 3.8) is 0 Å². The molecule has 0 N–H and O–H groups in total. The molecule has 6 nitrogen and oxygen atoms in total. The lowest BCUT2D eigenvalue weighted by Gasteiger charge is -2.06. The summed E-state index contributed by atoms with van der Waals surface area (Å²) in [6, 6.07) is 6.07. The topological polar surface area (TPSA) is 86.2 Å².